The Morgan fingerprint density at radius 1 is 1.21 bits per heavy atom. The molecule has 1 aromatic rings. The zero-order valence-corrected chi connectivity index (χ0v) is 20.2. The molecule has 3 fully saturated rings. The van der Waals surface area contributed by atoms with Crippen LogP contribution in [-0.4, -0.2) is 75.4 Å². The molecule has 1 aromatic carbocycles. The first-order valence-electron chi connectivity index (χ1n) is 10.6. The number of piperazine rings is 1. The number of halogens is 2. The van der Waals surface area contributed by atoms with Crippen molar-refractivity contribution in [3.8, 4) is 0 Å². The molecule has 3 atom stereocenters. The van der Waals surface area contributed by atoms with Crippen LogP contribution in [0.1, 0.15) is 25.7 Å². The summed E-state index contributed by atoms with van der Waals surface area (Å²) in [7, 11) is 1.84. The number of para-hydroxylation sites is 1. The fourth-order valence-corrected chi connectivity index (χ4v) is 4.85. The first-order chi connectivity index (χ1) is 13.7. The Morgan fingerprint density at radius 2 is 2.00 bits per heavy atom. The molecular formula is C21H33ClIN5O. The monoisotopic (exact) mass is 533 g/mol. The molecule has 0 radical (unpaired) electrons. The quantitative estimate of drug-likeness (QED) is 0.255. The van der Waals surface area contributed by atoms with Crippen LogP contribution < -0.4 is 15.5 Å². The number of nitrogens with zero attached hydrogens (tertiary/aromatic N) is 3. The number of fused-ring (bicyclic) bond motifs is 2. The second-order valence-electron chi connectivity index (χ2n) is 7.99. The van der Waals surface area contributed by atoms with E-state index in [4.69, 9.17) is 16.3 Å². The minimum atomic E-state index is 0. The molecule has 3 aliphatic heterocycles. The molecule has 0 saturated carbocycles. The molecule has 6 nitrogen and oxygen atoms in total. The van der Waals surface area contributed by atoms with Crippen LogP contribution >= 0.6 is 35.6 Å². The van der Waals surface area contributed by atoms with Crippen molar-refractivity contribution in [2.75, 3.05) is 51.2 Å². The summed E-state index contributed by atoms with van der Waals surface area (Å²) >= 11 is 6.33. The molecule has 0 amide bonds. The van der Waals surface area contributed by atoms with Gasteiger partial charge in [-0.25, -0.2) is 0 Å². The summed E-state index contributed by atoms with van der Waals surface area (Å²) in [6.07, 6.45) is 5.46. The van der Waals surface area contributed by atoms with Gasteiger partial charge in [0.25, 0.3) is 0 Å². The summed E-state index contributed by atoms with van der Waals surface area (Å²) < 4.78 is 5.92. The van der Waals surface area contributed by atoms with E-state index in [2.05, 4.69) is 37.6 Å². The largest absolute Gasteiger partial charge is 0.373 e. The minimum Gasteiger partial charge on any atom is -0.373 e. The van der Waals surface area contributed by atoms with Gasteiger partial charge in [0.05, 0.1) is 29.0 Å². The van der Waals surface area contributed by atoms with Crippen LogP contribution in [0.25, 0.3) is 0 Å². The van der Waals surface area contributed by atoms with Gasteiger partial charge in [-0.1, -0.05) is 23.7 Å². The van der Waals surface area contributed by atoms with E-state index in [-0.39, 0.29) is 24.0 Å². The van der Waals surface area contributed by atoms with Crippen LogP contribution in [0.5, 0.6) is 0 Å². The van der Waals surface area contributed by atoms with Gasteiger partial charge in [0, 0.05) is 39.8 Å². The first-order valence-corrected chi connectivity index (χ1v) is 10.9. The summed E-state index contributed by atoms with van der Waals surface area (Å²) in [5.74, 6) is 0.907. The van der Waals surface area contributed by atoms with E-state index < -0.39 is 0 Å². The van der Waals surface area contributed by atoms with E-state index in [9.17, 15) is 0 Å². The normalized spacial score (nSPS) is 27.0. The van der Waals surface area contributed by atoms with Crippen molar-refractivity contribution < 1.29 is 4.74 Å². The lowest BCUT2D eigenvalue weighted by atomic mass is 9.96. The third kappa shape index (κ3) is 5.89. The molecule has 3 aliphatic rings. The summed E-state index contributed by atoms with van der Waals surface area (Å²) in [6.45, 7) is 6.28. The Hall–Kier alpha value is -0.770. The highest BCUT2D eigenvalue weighted by Crippen LogP contribution is 2.34. The number of ether oxygens (including phenoxy) is 1. The molecule has 162 valence electrons. The van der Waals surface area contributed by atoms with Gasteiger partial charge in [0.1, 0.15) is 0 Å². The number of hydrogen-bond acceptors (Lipinski definition) is 4. The number of hydrogen-bond donors (Lipinski definition) is 2. The maximum Gasteiger partial charge on any atom is 0.191 e. The third-order valence-electron chi connectivity index (χ3n) is 6.16. The smallest absolute Gasteiger partial charge is 0.191 e. The minimum absolute atomic E-state index is 0. The Labute approximate surface area is 196 Å². The summed E-state index contributed by atoms with van der Waals surface area (Å²) in [4.78, 5) is 9.30. The Kier molecular flexibility index (Phi) is 8.70. The Bertz CT molecular complexity index is 683. The molecule has 8 heteroatoms. The van der Waals surface area contributed by atoms with Crippen LogP contribution in [0.4, 0.5) is 5.69 Å². The van der Waals surface area contributed by atoms with E-state index in [1.807, 2.05) is 19.2 Å². The summed E-state index contributed by atoms with van der Waals surface area (Å²) in [6, 6.07) is 8.55. The highest BCUT2D eigenvalue weighted by molar-refractivity contribution is 14.0. The molecule has 2 N–H and O–H groups in total. The topological polar surface area (TPSA) is 52.1 Å². The molecule has 3 heterocycles. The van der Waals surface area contributed by atoms with Gasteiger partial charge in [0.2, 0.25) is 0 Å². The van der Waals surface area contributed by atoms with Crippen LogP contribution in [-0.2, 0) is 4.74 Å². The number of anilines is 1. The molecular weight excluding hydrogens is 501 g/mol. The molecule has 3 unspecified atom stereocenters. The van der Waals surface area contributed by atoms with E-state index in [0.29, 0.717) is 18.2 Å². The van der Waals surface area contributed by atoms with Crippen LogP contribution in [0.15, 0.2) is 29.3 Å². The van der Waals surface area contributed by atoms with Gasteiger partial charge in [0.15, 0.2) is 5.96 Å². The fraction of sp³-hybridized carbons (Fsp3) is 0.667. The second-order valence-corrected chi connectivity index (χ2v) is 8.40. The van der Waals surface area contributed by atoms with Crippen molar-refractivity contribution in [2.24, 2.45) is 4.99 Å². The predicted octanol–water partition coefficient (Wildman–Crippen LogP) is 2.96. The SMILES string of the molecule is CN=C(NCCCN1CCN(c2ccccc2Cl)CC1)NC1CC2CCC1O2.I. The zero-order chi connectivity index (χ0) is 19.3. The van der Waals surface area contributed by atoms with Crippen molar-refractivity contribution in [3.05, 3.63) is 29.3 Å². The van der Waals surface area contributed by atoms with Gasteiger partial charge in [-0.15, -0.1) is 24.0 Å². The van der Waals surface area contributed by atoms with Crippen molar-refractivity contribution >= 4 is 47.2 Å². The van der Waals surface area contributed by atoms with Gasteiger partial charge < -0.3 is 20.3 Å². The number of aliphatic imine (C=N–C) groups is 1. The van der Waals surface area contributed by atoms with Crippen LogP contribution in [0.2, 0.25) is 5.02 Å². The summed E-state index contributed by atoms with van der Waals surface area (Å²) in [5, 5.41) is 7.86. The van der Waals surface area contributed by atoms with Crippen molar-refractivity contribution in [1.29, 1.82) is 0 Å². The highest BCUT2D eigenvalue weighted by Gasteiger charge is 2.41. The summed E-state index contributed by atoms with van der Waals surface area (Å²) in [5.41, 5.74) is 1.16. The van der Waals surface area contributed by atoms with Gasteiger partial charge in [-0.05, 0) is 44.4 Å². The van der Waals surface area contributed by atoms with Crippen LogP contribution in [0, 0.1) is 0 Å². The zero-order valence-electron chi connectivity index (χ0n) is 17.1. The molecule has 0 spiro atoms. The van der Waals surface area contributed by atoms with Crippen molar-refractivity contribution in [1.82, 2.24) is 15.5 Å². The molecule has 2 bridgehead atoms. The second kappa shape index (κ2) is 11.0. The van der Waals surface area contributed by atoms with Crippen molar-refractivity contribution in [2.45, 2.75) is 43.9 Å². The average molecular weight is 534 g/mol. The third-order valence-corrected chi connectivity index (χ3v) is 6.48. The van der Waals surface area contributed by atoms with Crippen LogP contribution in [0.3, 0.4) is 0 Å². The van der Waals surface area contributed by atoms with Gasteiger partial charge in [-0.3, -0.25) is 9.89 Å². The fourth-order valence-electron chi connectivity index (χ4n) is 4.59. The number of benzene rings is 1. The van der Waals surface area contributed by atoms with E-state index in [1.165, 1.54) is 12.8 Å². The maximum atomic E-state index is 6.33. The molecule has 0 aliphatic carbocycles. The Morgan fingerprint density at radius 3 is 2.66 bits per heavy atom. The predicted molar refractivity (Wildman–Crippen MR) is 131 cm³/mol. The highest BCUT2D eigenvalue weighted by atomic mass is 127. The molecule has 29 heavy (non-hydrogen) atoms. The average Bonchev–Trinajstić information content (AvgIpc) is 3.34. The van der Waals surface area contributed by atoms with Gasteiger partial charge >= 0.3 is 0 Å². The van der Waals surface area contributed by atoms with E-state index in [1.54, 1.807) is 0 Å². The number of nitrogens with one attached hydrogen (secondary N) is 2. The number of rotatable bonds is 6. The lowest BCUT2D eigenvalue weighted by Gasteiger charge is -2.36. The molecule has 3 saturated heterocycles. The van der Waals surface area contributed by atoms with E-state index in [0.717, 1.165) is 68.8 Å². The van der Waals surface area contributed by atoms with Gasteiger partial charge in [-0.2, -0.15) is 0 Å². The standard InChI is InChI=1S/C21H32ClN5O.HI/c1-23-21(25-18-15-16-7-8-20(18)28-16)24-9-4-10-26-11-13-27(14-12-26)19-6-3-2-5-17(19)22;/h2-3,5-6,16,18,20H,4,7-15H2,1H3,(H2,23,24,25);1H. The maximum absolute atomic E-state index is 6.33. The lowest BCUT2D eigenvalue weighted by molar-refractivity contribution is 0.0992. The van der Waals surface area contributed by atoms with E-state index >= 15 is 0 Å². The number of guanidine groups is 1. The van der Waals surface area contributed by atoms with Crippen molar-refractivity contribution in [3.63, 3.8) is 0 Å². The first kappa shape index (κ1) is 22.9. The Balaban J connectivity index is 0.00000240. The lowest BCUT2D eigenvalue weighted by Crippen LogP contribution is -2.49. The molecule has 4 rings (SSSR count). The molecule has 0 aromatic heterocycles.